The molecule has 0 radical (unpaired) electrons. The van der Waals surface area contributed by atoms with Gasteiger partial charge in [0.15, 0.2) is 0 Å². The average Bonchev–Trinajstić information content (AvgIpc) is 2.28. The lowest BCUT2D eigenvalue weighted by Gasteiger charge is -2.10. The van der Waals surface area contributed by atoms with Crippen molar-refractivity contribution in [2.45, 2.75) is 46.1 Å². The Labute approximate surface area is 97.1 Å². The van der Waals surface area contributed by atoms with Crippen LogP contribution in [0.15, 0.2) is 6.07 Å². The zero-order valence-electron chi connectivity index (χ0n) is 10.3. The van der Waals surface area contributed by atoms with E-state index in [0.717, 1.165) is 43.1 Å². The van der Waals surface area contributed by atoms with Crippen LogP contribution in [0, 0.1) is 6.92 Å². The molecular formula is C12H21N3O. The molecule has 4 nitrogen and oxygen atoms in total. The summed E-state index contributed by atoms with van der Waals surface area (Å²) in [6, 6.07) is 1.96. The highest BCUT2D eigenvalue weighted by molar-refractivity contribution is 5.35. The van der Waals surface area contributed by atoms with Crippen LogP contribution in [0.2, 0.25) is 0 Å². The van der Waals surface area contributed by atoms with Crippen LogP contribution in [-0.4, -0.2) is 27.7 Å². The van der Waals surface area contributed by atoms with Gasteiger partial charge < -0.3 is 10.4 Å². The summed E-state index contributed by atoms with van der Waals surface area (Å²) < 4.78 is 0. The van der Waals surface area contributed by atoms with Gasteiger partial charge in [0, 0.05) is 18.3 Å². The Morgan fingerprint density at radius 3 is 2.75 bits per heavy atom. The first kappa shape index (κ1) is 12.9. The van der Waals surface area contributed by atoms with Crippen molar-refractivity contribution in [2.75, 3.05) is 11.9 Å². The molecule has 0 aliphatic carbocycles. The molecule has 0 aromatic carbocycles. The number of hydrogen-bond donors (Lipinski definition) is 2. The fraction of sp³-hybridized carbons (Fsp3) is 0.667. The van der Waals surface area contributed by atoms with Crippen molar-refractivity contribution in [1.82, 2.24) is 9.97 Å². The van der Waals surface area contributed by atoms with Crippen molar-refractivity contribution in [2.24, 2.45) is 0 Å². The fourth-order valence-corrected chi connectivity index (χ4v) is 1.47. The summed E-state index contributed by atoms with van der Waals surface area (Å²) in [7, 11) is 0. The van der Waals surface area contributed by atoms with Crippen LogP contribution in [0.5, 0.6) is 0 Å². The van der Waals surface area contributed by atoms with E-state index in [1.807, 2.05) is 19.9 Å². The van der Waals surface area contributed by atoms with Gasteiger partial charge in [-0.1, -0.05) is 13.8 Å². The van der Waals surface area contributed by atoms with E-state index < -0.39 is 0 Å². The van der Waals surface area contributed by atoms with E-state index in [2.05, 4.69) is 22.2 Å². The molecule has 0 aliphatic rings. The van der Waals surface area contributed by atoms with E-state index in [9.17, 15) is 5.11 Å². The maximum atomic E-state index is 9.42. The van der Waals surface area contributed by atoms with Crippen molar-refractivity contribution < 1.29 is 5.11 Å². The second-order valence-corrected chi connectivity index (χ2v) is 3.92. The largest absolute Gasteiger partial charge is 0.393 e. The molecule has 0 fully saturated rings. The third-order valence-electron chi connectivity index (χ3n) is 2.51. The second-order valence-electron chi connectivity index (χ2n) is 3.92. The summed E-state index contributed by atoms with van der Waals surface area (Å²) in [5, 5.41) is 12.6. The Kier molecular flexibility index (Phi) is 5.19. The third kappa shape index (κ3) is 4.14. The van der Waals surface area contributed by atoms with E-state index in [4.69, 9.17) is 0 Å². The van der Waals surface area contributed by atoms with Crippen molar-refractivity contribution in [3.63, 3.8) is 0 Å². The Balaban J connectivity index is 2.50. The van der Waals surface area contributed by atoms with E-state index in [0.29, 0.717) is 0 Å². The van der Waals surface area contributed by atoms with Crippen molar-refractivity contribution >= 4 is 5.82 Å². The van der Waals surface area contributed by atoms with E-state index >= 15 is 0 Å². The molecule has 90 valence electrons. The number of nitrogens with one attached hydrogen (secondary N) is 1. The first-order valence-corrected chi connectivity index (χ1v) is 5.92. The molecule has 1 rings (SSSR count). The standard InChI is InChI=1S/C12H21N3O/c1-4-10-8-12(15-9(3)14-10)13-7-6-11(16)5-2/h8,11,16H,4-7H2,1-3H3,(H,13,14,15). The number of aliphatic hydroxyl groups is 1. The van der Waals surface area contributed by atoms with Gasteiger partial charge in [0.05, 0.1) is 6.10 Å². The number of anilines is 1. The summed E-state index contributed by atoms with van der Waals surface area (Å²) in [5.41, 5.74) is 1.05. The van der Waals surface area contributed by atoms with Crippen LogP contribution in [0.3, 0.4) is 0 Å². The van der Waals surface area contributed by atoms with Gasteiger partial charge in [-0.15, -0.1) is 0 Å². The molecule has 4 heteroatoms. The molecule has 2 N–H and O–H groups in total. The van der Waals surface area contributed by atoms with Crippen LogP contribution in [-0.2, 0) is 6.42 Å². The molecule has 16 heavy (non-hydrogen) atoms. The first-order valence-electron chi connectivity index (χ1n) is 5.92. The van der Waals surface area contributed by atoms with Gasteiger partial charge in [-0.3, -0.25) is 0 Å². The molecule has 1 unspecified atom stereocenters. The smallest absolute Gasteiger partial charge is 0.129 e. The molecule has 0 bridgehead atoms. The molecule has 0 spiro atoms. The third-order valence-corrected chi connectivity index (χ3v) is 2.51. The SMILES string of the molecule is CCc1cc(NCCC(O)CC)nc(C)n1. The number of aryl methyl sites for hydroxylation is 2. The summed E-state index contributed by atoms with van der Waals surface area (Å²) in [6.45, 7) is 6.70. The number of rotatable bonds is 6. The summed E-state index contributed by atoms with van der Waals surface area (Å²) in [4.78, 5) is 8.61. The quantitative estimate of drug-likeness (QED) is 0.773. The van der Waals surface area contributed by atoms with Gasteiger partial charge in [0.25, 0.3) is 0 Å². The Hall–Kier alpha value is -1.16. The van der Waals surface area contributed by atoms with Crippen molar-refractivity contribution in [3.8, 4) is 0 Å². The molecule has 0 amide bonds. The number of hydrogen-bond acceptors (Lipinski definition) is 4. The molecule has 1 heterocycles. The summed E-state index contributed by atoms with van der Waals surface area (Å²) >= 11 is 0. The zero-order chi connectivity index (χ0) is 12.0. The molecular weight excluding hydrogens is 202 g/mol. The normalized spacial score (nSPS) is 12.5. The van der Waals surface area contributed by atoms with Gasteiger partial charge in [-0.2, -0.15) is 0 Å². The Bertz CT molecular complexity index is 328. The van der Waals surface area contributed by atoms with E-state index in [-0.39, 0.29) is 6.10 Å². The first-order chi connectivity index (χ1) is 7.65. The van der Waals surface area contributed by atoms with Crippen LogP contribution < -0.4 is 5.32 Å². The lowest BCUT2D eigenvalue weighted by Crippen LogP contribution is -2.13. The maximum absolute atomic E-state index is 9.42. The van der Waals surface area contributed by atoms with Gasteiger partial charge in [0.2, 0.25) is 0 Å². The monoisotopic (exact) mass is 223 g/mol. The van der Waals surface area contributed by atoms with Gasteiger partial charge in [-0.05, 0) is 26.2 Å². The van der Waals surface area contributed by atoms with Gasteiger partial charge in [-0.25, -0.2) is 9.97 Å². The minimum absolute atomic E-state index is 0.221. The van der Waals surface area contributed by atoms with Gasteiger partial charge >= 0.3 is 0 Å². The highest BCUT2D eigenvalue weighted by Crippen LogP contribution is 2.07. The highest BCUT2D eigenvalue weighted by Gasteiger charge is 2.02. The van der Waals surface area contributed by atoms with Gasteiger partial charge in [0.1, 0.15) is 11.6 Å². The fourth-order valence-electron chi connectivity index (χ4n) is 1.47. The number of aromatic nitrogens is 2. The lowest BCUT2D eigenvalue weighted by molar-refractivity contribution is 0.164. The number of aliphatic hydroxyl groups excluding tert-OH is 1. The Morgan fingerprint density at radius 2 is 2.12 bits per heavy atom. The Morgan fingerprint density at radius 1 is 1.38 bits per heavy atom. The van der Waals surface area contributed by atoms with Crippen LogP contribution >= 0.6 is 0 Å². The van der Waals surface area contributed by atoms with E-state index in [1.165, 1.54) is 0 Å². The average molecular weight is 223 g/mol. The minimum atomic E-state index is -0.221. The van der Waals surface area contributed by atoms with Crippen molar-refractivity contribution in [3.05, 3.63) is 17.6 Å². The molecule has 1 aromatic heterocycles. The van der Waals surface area contributed by atoms with Crippen LogP contribution in [0.1, 0.15) is 38.2 Å². The van der Waals surface area contributed by atoms with Crippen LogP contribution in [0.4, 0.5) is 5.82 Å². The topological polar surface area (TPSA) is 58.0 Å². The summed E-state index contributed by atoms with van der Waals surface area (Å²) in [6.07, 6.45) is 2.24. The molecule has 0 aliphatic heterocycles. The van der Waals surface area contributed by atoms with E-state index in [1.54, 1.807) is 0 Å². The van der Waals surface area contributed by atoms with Crippen molar-refractivity contribution in [1.29, 1.82) is 0 Å². The zero-order valence-corrected chi connectivity index (χ0v) is 10.3. The molecule has 1 atom stereocenters. The lowest BCUT2D eigenvalue weighted by atomic mass is 10.2. The minimum Gasteiger partial charge on any atom is -0.393 e. The molecule has 1 aromatic rings. The predicted octanol–water partition coefficient (Wildman–Crippen LogP) is 1.92. The highest BCUT2D eigenvalue weighted by atomic mass is 16.3. The van der Waals surface area contributed by atoms with Crippen LogP contribution in [0.25, 0.3) is 0 Å². The predicted molar refractivity (Wildman–Crippen MR) is 65.6 cm³/mol. The molecule has 0 saturated heterocycles. The summed E-state index contributed by atoms with van der Waals surface area (Å²) in [5.74, 6) is 1.64. The number of nitrogens with zero attached hydrogens (tertiary/aromatic N) is 2. The second kappa shape index (κ2) is 6.43. The molecule has 0 saturated carbocycles. The maximum Gasteiger partial charge on any atom is 0.129 e.